The molecule has 0 radical (unpaired) electrons. The molecule has 0 bridgehead atoms. The highest BCUT2D eigenvalue weighted by molar-refractivity contribution is 5.37. The molecule has 1 aromatic carbocycles. The van der Waals surface area contributed by atoms with Gasteiger partial charge in [0.1, 0.15) is 5.75 Å². The molecule has 0 spiro atoms. The Morgan fingerprint density at radius 3 is 2.65 bits per heavy atom. The first kappa shape index (κ1) is 14.0. The zero-order valence-corrected chi connectivity index (χ0v) is 11.0. The number of rotatable bonds is 7. The first-order valence-electron chi connectivity index (χ1n) is 6.21. The Morgan fingerprint density at radius 2 is 2.06 bits per heavy atom. The molecule has 1 rings (SSSR count). The predicted molar refractivity (Wildman–Crippen MR) is 70.4 cm³/mol. The van der Waals surface area contributed by atoms with Gasteiger partial charge in [0.15, 0.2) is 0 Å². The number of benzene rings is 1. The molecule has 0 aromatic heterocycles. The Bertz CT molecular complexity index is 337. The van der Waals surface area contributed by atoms with E-state index in [1.54, 1.807) is 0 Å². The van der Waals surface area contributed by atoms with Crippen molar-refractivity contribution in [2.75, 3.05) is 19.8 Å². The van der Waals surface area contributed by atoms with E-state index in [4.69, 9.17) is 15.2 Å². The second kappa shape index (κ2) is 7.30. The molecule has 0 saturated heterocycles. The minimum atomic E-state index is 0.0701. The number of hydrogen-bond acceptors (Lipinski definition) is 3. The van der Waals surface area contributed by atoms with Crippen LogP contribution < -0.4 is 10.5 Å². The Hall–Kier alpha value is -1.06. The van der Waals surface area contributed by atoms with Gasteiger partial charge in [-0.25, -0.2) is 0 Å². The van der Waals surface area contributed by atoms with Crippen LogP contribution in [0, 0.1) is 6.92 Å². The summed E-state index contributed by atoms with van der Waals surface area (Å²) in [5.74, 6) is 0.936. The van der Waals surface area contributed by atoms with Crippen molar-refractivity contribution >= 4 is 0 Å². The van der Waals surface area contributed by atoms with Crippen LogP contribution in [0.3, 0.4) is 0 Å². The Labute approximate surface area is 104 Å². The van der Waals surface area contributed by atoms with E-state index in [1.165, 1.54) is 0 Å². The van der Waals surface area contributed by atoms with Crippen molar-refractivity contribution in [3.05, 3.63) is 29.3 Å². The van der Waals surface area contributed by atoms with Crippen LogP contribution in [0.15, 0.2) is 18.2 Å². The van der Waals surface area contributed by atoms with Crippen LogP contribution in [0.1, 0.15) is 37.4 Å². The van der Waals surface area contributed by atoms with Gasteiger partial charge in [-0.3, -0.25) is 0 Å². The standard InChI is InChI=1S/C14H23NO2/c1-4-16-8-5-9-17-14-7-6-13(12(3)15)10-11(14)2/h6-7,10,12H,4-5,8-9,15H2,1-3H3/t12-/m1/s1. The number of ether oxygens (including phenoxy) is 2. The molecule has 0 heterocycles. The normalized spacial score (nSPS) is 12.5. The zero-order valence-electron chi connectivity index (χ0n) is 11.0. The van der Waals surface area contributed by atoms with Crippen molar-refractivity contribution in [3.8, 4) is 5.75 Å². The van der Waals surface area contributed by atoms with Crippen molar-refractivity contribution in [1.29, 1.82) is 0 Å². The SMILES string of the molecule is CCOCCCOc1ccc([C@@H](C)N)cc1C. The molecule has 0 saturated carbocycles. The average Bonchev–Trinajstić information content (AvgIpc) is 2.30. The summed E-state index contributed by atoms with van der Waals surface area (Å²) in [5.41, 5.74) is 8.11. The number of hydrogen-bond donors (Lipinski definition) is 1. The zero-order chi connectivity index (χ0) is 12.7. The van der Waals surface area contributed by atoms with Gasteiger partial charge in [-0.2, -0.15) is 0 Å². The maximum absolute atomic E-state index is 5.83. The van der Waals surface area contributed by atoms with Crippen LogP contribution in [0.4, 0.5) is 0 Å². The van der Waals surface area contributed by atoms with Crippen molar-refractivity contribution in [1.82, 2.24) is 0 Å². The Kier molecular flexibility index (Phi) is 6.01. The van der Waals surface area contributed by atoms with E-state index in [1.807, 2.05) is 32.9 Å². The molecule has 1 aromatic rings. The largest absolute Gasteiger partial charge is 0.493 e. The van der Waals surface area contributed by atoms with Crippen LogP contribution in [0.5, 0.6) is 5.75 Å². The van der Waals surface area contributed by atoms with E-state index in [2.05, 4.69) is 6.07 Å². The molecule has 0 fully saturated rings. The summed E-state index contributed by atoms with van der Waals surface area (Å²) < 4.78 is 11.0. The summed E-state index contributed by atoms with van der Waals surface area (Å²) in [6.45, 7) is 8.24. The lowest BCUT2D eigenvalue weighted by Gasteiger charge is -2.12. The smallest absolute Gasteiger partial charge is 0.122 e. The van der Waals surface area contributed by atoms with Gasteiger partial charge in [-0.1, -0.05) is 12.1 Å². The van der Waals surface area contributed by atoms with Crippen LogP contribution in [0.25, 0.3) is 0 Å². The van der Waals surface area contributed by atoms with Gasteiger partial charge in [0.25, 0.3) is 0 Å². The molecule has 1 atom stereocenters. The predicted octanol–water partition coefficient (Wildman–Crippen LogP) is 2.82. The second-order valence-corrected chi connectivity index (χ2v) is 4.21. The van der Waals surface area contributed by atoms with Crippen molar-refractivity contribution in [2.24, 2.45) is 5.73 Å². The van der Waals surface area contributed by atoms with Gasteiger partial charge in [0.2, 0.25) is 0 Å². The molecular formula is C14H23NO2. The average molecular weight is 237 g/mol. The third-order valence-electron chi connectivity index (χ3n) is 2.62. The minimum absolute atomic E-state index is 0.0701. The van der Waals surface area contributed by atoms with E-state index >= 15 is 0 Å². The topological polar surface area (TPSA) is 44.5 Å². The molecule has 0 amide bonds. The van der Waals surface area contributed by atoms with E-state index < -0.39 is 0 Å². The first-order chi connectivity index (χ1) is 8.15. The lowest BCUT2D eigenvalue weighted by atomic mass is 10.1. The summed E-state index contributed by atoms with van der Waals surface area (Å²) in [7, 11) is 0. The second-order valence-electron chi connectivity index (χ2n) is 4.21. The number of nitrogens with two attached hydrogens (primary N) is 1. The molecular weight excluding hydrogens is 214 g/mol. The van der Waals surface area contributed by atoms with Crippen molar-refractivity contribution in [2.45, 2.75) is 33.2 Å². The van der Waals surface area contributed by atoms with Gasteiger partial charge < -0.3 is 15.2 Å². The molecule has 0 aliphatic carbocycles. The fourth-order valence-corrected chi connectivity index (χ4v) is 1.61. The third-order valence-corrected chi connectivity index (χ3v) is 2.62. The maximum Gasteiger partial charge on any atom is 0.122 e. The van der Waals surface area contributed by atoms with E-state index in [9.17, 15) is 0 Å². The summed E-state index contributed by atoms with van der Waals surface area (Å²) in [6, 6.07) is 6.17. The van der Waals surface area contributed by atoms with Crippen LogP contribution in [-0.2, 0) is 4.74 Å². The highest BCUT2D eigenvalue weighted by atomic mass is 16.5. The summed E-state index contributed by atoms with van der Waals surface area (Å²) >= 11 is 0. The van der Waals surface area contributed by atoms with E-state index in [0.29, 0.717) is 6.61 Å². The van der Waals surface area contributed by atoms with Gasteiger partial charge >= 0.3 is 0 Å². The molecule has 2 N–H and O–H groups in total. The highest BCUT2D eigenvalue weighted by Gasteiger charge is 2.04. The minimum Gasteiger partial charge on any atom is -0.493 e. The van der Waals surface area contributed by atoms with Crippen molar-refractivity contribution < 1.29 is 9.47 Å². The summed E-state index contributed by atoms with van der Waals surface area (Å²) in [6.07, 6.45) is 0.919. The molecule has 0 aliphatic heterocycles. The van der Waals surface area contributed by atoms with Gasteiger partial charge in [0, 0.05) is 25.7 Å². The molecule has 17 heavy (non-hydrogen) atoms. The fraction of sp³-hybridized carbons (Fsp3) is 0.571. The van der Waals surface area contributed by atoms with Gasteiger partial charge in [0.05, 0.1) is 6.61 Å². The third kappa shape index (κ3) is 4.75. The Balaban J connectivity index is 2.43. The van der Waals surface area contributed by atoms with Gasteiger partial charge in [-0.15, -0.1) is 0 Å². The highest BCUT2D eigenvalue weighted by Crippen LogP contribution is 2.21. The lowest BCUT2D eigenvalue weighted by molar-refractivity contribution is 0.130. The molecule has 3 heteroatoms. The molecule has 0 aliphatic rings. The molecule has 3 nitrogen and oxygen atoms in total. The monoisotopic (exact) mass is 237 g/mol. The fourth-order valence-electron chi connectivity index (χ4n) is 1.61. The Morgan fingerprint density at radius 1 is 1.29 bits per heavy atom. The van der Waals surface area contributed by atoms with E-state index in [0.717, 1.165) is 36.5 Å². The van der Waals surface area contributed by atoms with Gasteiger partial charge in [-0.05, 0) is 38.0 Å². The quantitative estimate of drug-likeness (QED) is 0.742. The number of aryl methyl sites for hydroxylation is 1. The summed E-state index contributed by atoms with van der Waals surface area (Å²) in [4.78, 5) is 0. The molecule has 96 valence electrons. The maximum atomic E-state index is 5.83. The van der Waals surface area contributed by atoms with Crippen molar-refractivity contribution in [3.63, 3.8) is 0 Å². The first-order valence-corrected chi connectivity index (χ1v) is 6.21. The lowest BCUT2D eigenvalue weighted by Crippen LogP contribution is -2.07. The van der Waals surface area contributed by atoms with Crippen LogP contribution in [-0.4, -0.2) is 19.8 Å². The van der Waals surface area contributed by atoms with Crippen LogP contribution >= 0.6 is 0 Å². The molecule has 0 unspecified atom stereocenters. The van der Waals surface area contributed by atoms with E-state index in [-0.39, 0.29) is 6.04 Å². The van der Waals surface area contributed by atoms with Crippen LogP contribution in [0.2, 0.25) is 0 Å². The summed E-state index contributed by atoms with van der Waals surface area (Å²) in [5, 5.41) is 0.